The van der Waals surface area contributed by atoms with Crippen LogP contribution in [0.5, 0.6) is 0 Å². The van der Waals surface area contributed by atoms with Crippen LogP contribution in [0.2, 0.25) is 0 Å². The molecular weight excluding hydrogens is 248 g/mol. The van der Waals surface area contributed by atoms with Crippen LogP contribution in [0.1, 0.15) is 18.2 Å². The van der Waals surface area contributed by atoms with Crippen LogP contribution in [-0.2, 0) is 6.42 Å². The topological polar surface area (TPSA) is 29.3 Å². The molecule has 1 aliphatic heterocycles. The molecule has 1 aromatic rings. The van der Waals surface area contributed by atoms with Crippen LogP contribution >= 0.6 is 23.1 Å². The Bertz CT molecular complexity index is 339. The minimum Gasteiger partial charge on any atom is -0.329 e. The van der Waals surface area contributed by atoms with Crippen molar-refractivity contribution in [3.63, 3.8) is 0 Å². The summed E-state index contributed by atoms with van der Waals surface area (Å²) in [5.41, 5.74) is 6.27. The van der Waals surface area contributed by atoms with Gasteiger partial charge in [0.15, 0.2) is 0 Å². The fraction of sp³-hybridized carbons (Fsp3) is 0.692. The van der Waals surface area contributed by atoms with Gasteiger partial charge in [-0.1, -0.05) is 13.0 Å². The third-order valence-corrected chi connectivity index (χ3v) is 6.14. The number of hydrogen-bond acceptors (Lipinski definition) is 4. The summed E-state index contributed by atoms with van der Waals surface area (Å²) >= 11 is 3.91. The molecule has 2 rings (SSSR count). The maximum Gasteiger partial charge on any atom is 0.0429 e. The van der Waals surface area contributed by atoms with Crippen LogP contribution in [-0.4, -0.2) is 41.6 Å². The number of thioether (sulfide) groups is 1. The Kier molecular flexibility index (Phi) is 4.53. The number of likely N-dealkylation sites (N-methyl/N-ethyl adjacent to an activating group) is 1. The van der Waals surface area contributed by atoms with Crippen LogP contribution in [0.4, 0.5) is 0 Å². The molecule has 0 amide bonds. The molecule has 1 aromatic heterocycles. The Morgan fingerprint density at radius 1 is 1.59 bits per heavy atom. The largest absolute Gasteiger partial charge is 0.329 e. The molecule has 96 valence electrons. The van der Waals surface area contributed by atoms with E-state index < -0.39 is 0 Å². The Labute approximate surface area is 113 Å². The molecule has 1 fully saturated rings. The summed E-state index contributed by atoms with van der Waals surface area (Å²) in [5.74, 6) is 1.19. The molecule has 0 aromatic carbocycles. The SMILES string of the molecule is CC1CC(CN)(N(C)CCc2cccs2)CS1. The van der Waals surface area contributed by atoms with Gasteiger partial charge in [-0.3, -0.25) is 4.90 Å². The third kappa shape index (κ3) is 3.05. The van der Waals surface area contributed by atoms with Crippen molar-refractivity contribution in [2.45, 2.75) is 30.6 Å². The molecule has 0 saturated carbocycles. The highest BCUT2D eigenvalue weighted by Crippen LogP contribution is 2.37. The zero-order chi connectivity index (χ0) is 12.3. The Hall–Kier alpha value is -0.0300. The lowest BCUT2D eigenvalue weighted by Crippen LogP contribution is -2.53. The number of rotatable bonds is 5. The Morgan fingerprint density at radius 3 is 2.94 bits per heavy atom. The summed E-state index contributed by atoms with van der Waals surface area (Å²) in [7, 11) is 2.24. The van der Waals surface area contributed by atoms with Crippen LogP contribution in [0, 0.1) is 0 Å². The first-order valence-electron chi connectivity index (χ1n) is 6.21. The van der Waals surface area contributed by atoms with Gasteiger partial charge < -0.3 is 5.73 Å². The molecular formula is C13H22N2S2. The molecule has 1 saturated heterocycles. The highest BCUT2D eigenvalue weighted by molar-refractivity contribution is 8.00. The summed E-state index contributed by atoms with van der Waals surface area (Å²) in [6, 6.07) is 4.35. The van der Waals surface area contributed by atoms with Crippen molar-refractivity contribution in [1.29, 1.82) is 0 Å². The van der Waals surface area contributed by atoms with Crippen molar-refractivity contribution in [3.05, 3.63) is 22.4 Å². The van der Waals surface area contributed by atoms with E-state index >= 15 is 0 Å². The number of nitrogens with two attached hydrogens (primary N) is 1. The van der Waals surface area contributed by atoms with E-state index in [1.807, 2.05) is 11.3 Å². The number of thiophene rings is 1. The smallest absolute Gasteiger partial charge is 0.0429 e. The normalized spacial score (nSPS) is 29.1. The summed E-state index contributed by atoms with van der Waals surface area (Å²) in [6.45, 7) is 4.21. The molecule has 17 heavy (non-hydrogen) atoms. The Morgan fingerprint density at radius 2 is 2.41 bits per heavy atom. The molecule has 2 unspecified atom stereocenters. The summed E-state index contributed by atoms with van der Waals surface area (Å²) in [4.78, 5) is 3.96. The summed E-state index contributed by atoms with van der Waals surface area (Å²) in [6.07, 6.45) is 2.38. The maximum absolute atomic E-state index is 6.03. The Balaban J connectivity index is 1.91. The van der Waals surface area contributed by atoms with Crippen molar-refractivity contribution in [1.82, 2.24) is 4.90 Å². The lowest BCUT2D eigenvalue weighted by atomic mass is 9.94. The predicted octanol–water partition coefficient (Wildman–Crippen LogP) is 2.45. The van der Waals surface area contributed by atoms with E-state index in [1.165, 1.54) is 17.1 Å². The van der Waals surface area contributed by atoms with Gasteiger partial charge in [0, 0.05) is 34.5 Å². The van der Waals surface area contributed by atoms with Gasteiger partial charge in [0.25, 0.3) is 0 Å². The fourth-order valence-corrected chi connectivity index (χ4v) is 4.66. The van der Waals surface area contributed by atoms with Gasteiger partial charge in [0.05, 0.1) is 0 Å². The van der Waals surface area contributed by atoms with E-state index in [0.29, 0.717) is 0 Å². The number of hydrogen-bond donors (Lipinski definition) is 1. The maximum atomic E-state index is 6.03. The first kappa shape index (κ1) is 13.4. The zero-order valence-electron chi connectivity index (χ0n) is 10.7. The van der Waals surface area contributed by atoms with E-state index in [9.17, 15) is 0 Å². The zero-order valence-corrected chi connectivity index (χ0v) is 12.3. The molecule has 4 heteroatoms. The van der Waals surface area contributed by atoms with E-state index in [1.54, 1.807) is 0 Å². The number of nitrogens with zero attached hydrogens (tertiary/aromatic N) is 1. The molecule has 2 heterocycles. The fourth-order valence-electron chi connectivity index (χ4n) is 2.48. The van der Waals surface area contributed by atoms with Crippen molar-refractivity contribution < 1.29 is 0 Å². The summed E-state index contributed by atoms with van der Waals surface area (Å²) < 4.78 is 0. The van der Waals surface area contributed by atoms with Crippen LogP contribution in [0.3, 0.4) is 0 Å². The molecule has 0 bridgehead atoms. The van der Waals surface area contributed by atoms with Crippen molar-refractivity contribution in [2.75, 3.05) is 25.9 Å². The van der Waals surface area contributed by atoms with Gasteiger partial charge in [-0.2, -0.15) is 11.8 Å². The van der Waals surface area contributed by atoms with Gasteiger partial charge in [-0.25, -0.2) is 0 Å². The third-order valence-electron chi connectivity index (χ3n) is 3.77. The quantitative estimate of drug-likeness (QED) is 0.891. The molecule has 2 N–H and O–H groups in total. The first-order valence-corrected chi connectivity index (χ1v) is 8.14. The minimum atomic E-state index is 0.237. The molecule has 2 atom stereocenters. The van der Waals surface area contributed by atoms with Gasteiger partial charge in [-0.15, -0.1) is 11.3 Å². The molecule has 1 aliphatic rings. The van der Waals surface area contributed by atoms with Crippen molar-refractivity contribution in [3.8, 4) is 0 Å². The van der Waals surface area contributed by atoms with E-state index in [-0.39, 0.29) is 5.54 Å². The highest BCUT2D eigenvalue weighted by Gasteiger charge is 2.39. The minimum absolute atomic E-state index is 0.237. The van der Waals surface area contributed by atoms with Gasteiger partial charge in [0.2, 0.25) is 0 Å². The van der Waals surface area contributed by atoms with Crippen LogP contribution < -0.4 is 5.73 Å². The van der Waals surface area contributed by atoms with Crippen molar-refractivity contribution in [2.24, 2.45) is 5.73 Å². The molecule has 0 radical (unpaired) electrons. The van der Waals surface area contributed by atoms with Crippen LogP contribution in [0.25, 0.3) is 0 Å². The van der Waals surface area contributed by atoms with Gasteiger partial charge in [0.1, 0.15) is 0 Å². The van der Waals surface area contributed by atoms with E-state index in [0.717, 1.165) is 24.8 Å². The van der Waals surface area contributed by atoms with Gasteiger partial charge in [-0.05, 0) is 31.3 Å². The lowest BCUT2D eigenvalue weighted by Gasteiger charge is -2.37. The van der Waals surface area contributed by atoms with E-state index in [4.69, 9.17) is 5.73 Å². The second-order valence-electron chi connectivity index (χ2n) is 5.01. The monoisotopic (exact) mass is 270 g/mol. The van der Waals surface area contributed by atoms with Gasteiger partial charge >= 0.3 is 0 Å². The first-order chi connectivity index (χ1) is 8.16. The summed E-state index contributed by atoms with van der Waals surface area (Å²) in [5, 5.41) is 2.91. The standard InChI is InChI=1S/C13H22N2S2/c1-11-8-13(9-14,10-17-11)15(2)6-5-12-4-3-7-16-12/h3-4,7,11H,5-6,8-10,14H2,1-2H3. The highest BCUT2D eigenvalue weighted by atomic mass is 32.2. The lowest BCUT2D eigenvalue weighted by molar-refractivity contribution is 0.149. The average Bonchev–Trinajstić information content (AvgIpc) is 2.95. The van der Waals surface area contributed by atoms with E-state index in [2.05, 4.69) is 48.1 Å². The molecule has 2 nitrogen and oxygen atoms in total. The second-order valence-corrected chi connectivity index (χ2v) is 7.46. The predicted molar refractivity (Wildman–Crippen MR) is 79.0 cm³/mol. The second kappa shape index (κ2) is 5.74. The average molecular weight is 270 g/mol. The molecule has 0 spiro atoms. The van der Waals surface area contributed by atoms with Crippen LogP contribution in [0.15, 0.2) is 17.5 Å². The van der Waals surface area contributed by atoms with Crippen molar-refractivity contribution >= 4 is 23.1 Å². The molecule has 0 aliphatic carbocycles.